The highest BCUT2D eigenvalue weighted by molar-refractivity contribution is 7.15. The third kappa shape index (κ3) is 2.53. The lowest BCUT2D eigenvalue weighted by Crippen LogP contribution is -1.87. The van der Waals surface area contributed by atoms with E-state index in [1.807, 2.05) is 6.92 Å². The highest BCUT2D eigenvalue weighted by Crippen LogP contribution is 2.23. The summed E-state index contributed by atoms with van der Waals surface area (Å²) in [5.41, 5.74) is 0.896. The van der Waals surface area contributed by atoms with Gasteiger partial charge in [-0.25, -0.2) is 4.79 Å². The molecule has 74 valence electrons. The number of hydrogen-bond acceptors (Lipinski definition) is 3. The molecule has 0 spiro atoms. The molecule has 0 aliphatic carbocycles. The van der Waals surface area contributed by atoms with E-state index in [-0.39, 0.29) is 5.78 Å². The molecule has 0 aliphatic rings. The van der Waals surface area contributed by atoms with Crippen LogP contribution in [-0.2, 0) is 4.79 Å². The smallest absolute Gasteiger partial charge is 0.328 e. The van der Waals surface area contributed by atoms with Crippen LogP contribution >= 0.6 is 11.3 Å². The van der Waals surface area contributed by atoms with Crippen molar-refractivity contribution in [1.29, 1.82) is 0 Å². The van der Waals surface area contributed by atoms with Crippen molar-refractivity contribution in [2.75, 3.05) is 0 Å². The van der Waals surface area contributed by atoms with Crippen LogP contribution in [0.3, 0.4) is 0 Å². The van der Waals surface area contributed by atoms with Crippen LogP contribution in [0, 0.1) is 6.92 Å². The molecule has 0 aliphatic heterocycles. The van der Waals surface area contributed by atoms with E-state index in [1.54, 1.807) is 6.07 Å². The molecule has 1 aromatic heterocycles. The van der Waals surface area contributed by atoms with Gasteiger partial charge in [0.25, 0.3) is 0 Å². The fourth-order valence-electron chi connectivity index (χ4n) is 1.09. The van der Waals surface area contributed by atoms with Gasteiger partial charge in [0.15, 0.2) is 5.78 Å². The van der Waals surface area contributed by atoms with Crippen LogP contribution in [-0.4, -0.2) is 16.9 Å². The van der Waals surface area contributed by atoms with Crippen molar-refractivity contribution in [2.45, 2.75) is 13.8 Å². The second kappa shape index (κ2) is 4.19. The van der Waals surface area contributed by atoms with Gasteiger partial charge in [-0.15, -0.1) is 11.3 Å². The average molecular weight is 210 g/mol. The van der Waals surface area contributed by atoms with Gasteiger partial charge in [0, 0.05) is 11.0 Å². The Labute approximate surface area is 85.7 Å². The molecular formula is C10H10O3S. The summed E-state index contributed by atoms with van der Waals surface area (Å²) in [5.74, 6) is -0.970. The maximum Gasteiger partial charge on any atom is 0.328 e. The number of hydrogen-bond donors (Lipinski definition) is 1. The Balaban J connectivity index is 2.97. The maximum absolute atomic E-state index is 11.1. The van der Waals surface area contributed by atoms with Crippen molar-refractivity contribution in [3.63, 3.8) is 0 Å². The van der Waals surface area contributed by atoms with Crippen molar-refractivity contribution in [2.24, 2.45) is 0 Å². The van der Waals surface area contributed by atoms with E-state index < -0.39 is 5.97 Å². The predicted molar refractivity (Wildman–Crippen MR) is 55.7 cm³/mol. The Morgan fingerprint density at radius 2 is 2.14 bits per heavy atom. The molecule has 0 saturated heterocycles. The van der Waals surface area contributed by atoms with Gasteiger partial charge in [0.1, 0.15) is 0 Å². The first-order chi connectivity index (χ1) is 6.50. The molecule has 0 bridgehead atoms. The van der Waals surface area contributed by atoms with Crippen LogP contribution < -0.4 is 0 Å². The third-order valence-corrected chi connectivity index (χ3v) is 2.95. The number of carbonyl (C=O) groups excluding carboxylic acids is 1. The zero-order valence-corrected chi connectivity index (χ0v) is 8.72. The lowest BCUT2D eigenvalue weighted by atomic mass is 10.2. The number of Topliss-reactive ketones (excluding diaryl/α,β-unsaturated/α-hetero) is 1. The van der Waals surface area contributed by atoms with Gasteiger partial charge < -0.3 is 5.11 Å². The lowest BCUT2D eigenvalue weighted by molar-refractivity contribution is -0.131. The van der Waals surface area contributed by atoms with E-state index in [4.69, 9.17) is 5.11 Å². The second-order valence-electron chi connectivity index (χ2n) is 2.89. The Kier molecular flexibility index (Phi) is 3.19. The molecule has 0 amide bonds. The van der Waals surface area contributed by atoms with Gasteiger partial charge in [-0.3, -0.25) is 4.79 Å². The molecule has 0 saturated carbocycles. The van der Waals surface area contributed by atoms with Crippen LogP contribution in [0.5, 0.6) is 0 Å². The summed E-state index contributed by atoms with van der Waals surface area (Å²) in [4.78, 5) is 22.8. The summed E-state index contributed by atoms with van der Waals surface area (Å²) in [6.07, 6.45) is 2.56. The van der Waals surface area contributed by atoms with Crippen molar-refractivity contribution in [3.05, 3.63) is 27.5 Å². The first-order valence-electron chi connectivity index (χ1n) is 4.03. The molecule has 0 aromatic carbocycles. The Bertz CT molecular complexity index is 401. The Hall–Kier alpha value is -1.42. The quantitative estimate of drug-likeness (QED) is 0.615. The zero-order valence-electron chi connectivity index (χ0n) is 7.90. The maximum atomic E-state index is 11.1. The monoisotopic (exact) mass is 210 g/mol. The van der Waals surface area contributed by atoms with E-state index in [0.717, 1.165) is 16.5 Å². The van der Waals surface area contributed by atoms with Crippen molar-refractivity contribution in [3.8, 4) is 0 Å². The summed E-state index contributed by atoms with van der Waals surface area (Å²) < 4.78 is 0. The summed E-state index contributed by atoms with van der Waals surface area (Å²) in [6.45, 7) is 3.34. The van der Waals surface area contributed by atoms with E-state index in [2.05, 4.69) is 0 Å². The zero-order chi connectivity index (χ0) is 10.7. The summed E-state index contributed by atoms with van der Waals surface area (Å²) in [7, 11) is 0. The fourth-order valence-corrected chi connectivity index (χ4v) is 2.06. The van der Waals surface area contributed by atoms with Gasteiger partial charge in [-0.05, 0) is 31.6 Å². The number of thiophene rings is 1. The SMILES string of the molecule is CC(=O)c1sc(/C=C/C(=O)O)cc1C. The number of rotatable bonds is 3. The van der Waals surface area contributed by atoms with Gasteiger partial charge >= 0.3 is 5.97 Å². The fraction of sp³-hybridized carbons (Fsp3) is 0.200. The standard InChI is InChI=1S/C10H10O3S/c1-6-5-8(3-4-9(12)13)14-10(6)7(2)11/h3-5H,1-2H3,(H,12,13)/b4-3+. The van der Waals surface area contributed by atoms with E-state index >= 15 is 0 Å². The molecule has 4 heteroatoms. The minimum absolute atomic E-state index is 0.0162. The number of carboxylic acids is 1. The Morgan fingerprint density at radius 1 is 1.50 bits per heavy atom. The highest BCUT2D eigenvalue weighted by atomic mass is 32.1. The van der Waals surface area contributed by atoms with Crippen LogP contribution in [0.2, 0.25) is 0 Å². The minimum Gasteiger partial charge on any atom is -0.478 e. The highest BCUT2D eigenvalue weighted by Gasteiger charge is 2.07. The largest absolute Gasteiger partial charge is 0.478 e. The van der Waals surface area contributed by atoms with E-state index in [9.17, 15) is 9.59 Å². The molecule has 1 rings (SSSR count). The van der Waals surface area contributed by atoms with Crippen LogP contribution in [0.15, 0.2) is 12.1 Å². The van der Waals surface area contributed by atoms with E-state index in [0.29, 0.717) is 4.88 Å². The number of aryl methyl sites for hydroxylation is 1. The first-order valence-corrected chi connectivity index (χ1v) is 4.84. The second-order valence-corrected chi connectivity index (χ2v) is 3.97. The predicted octanol–water partition coefficient (Wildman–Crippen LogP) is 2.36. The molecule has 0 atom stereocenters. The number of carbonyl (C=O) groups is 2. The molecule has 1 aromatic rings. The normalized spacial score (nSPS) is 10.7. The lowest BCUT2D eigenvalue weighted by Gasteiger charge is -1.87. The number of carboxylic acid groups (broad SMARTS) is 1. The molecule has 3 nitrogen and oxygen atoms in total. The number of aliphatic carboxylic acids is 1. The minimum atomic E-state index is -0.986. The topological polar surface area (TPSA) is 54.4 Å². The van der Waals surface area contributed by atoms with Gasteiger partial charge in [0.05, 0.1) is 4.88 Å². The van der Waals surface area contributed by atoms with Crippen LogP contribution in [0.1, 0.15) is 27.0 Å². The van der Waals surface area contributed by atoms with E-state index in [1.165, 1.54) is 24.3 Å². The van der Waals surface area contributed by atoms with Crippen molar-refractivity contribution in [1.82, 2.24) is 0 Å². The number of ketones is 1. The van der Waals surface area contributed by atoms with Gasteiger partial charge in [-0.2, -0.15) is 0 Å². The van der Waals surface area contributed by atoms with Crippen LogP contribution in [0.25, 0.3) is 6.08 Å². The molecule has 14 heavy (non-hydrogen) atoms. The molecule has 0 fully saturated rings. The third-order valence-electron chi connectivity index (χ3n) is 1.65. The molecule has 0 radical (unpaired) electrons. The first kappa shape index (κ1) is 10.7. The average Bonchev–Trinajstić information content (AvgIpc) is 2.43. The summed E-state index contributed by atoms with van der Waals surface area (Å²) in [5, 5.41) is 8.41. The summed E-state index contributed by atoms with van der Waals surface area (Å²) >= 11 is 1.31. The van der Waals surface area contributed by atoms with Crippen molar-refractivity contribution >= 4 is 29.2 Å². The molecule has 1 heterocycles. The van der Waals surface area contributed by atoms with Crippen LogP contribution in [0.4, 0.5) is 0 Å². The Morgan fingerprint density at radius 3 is 2.57 bits per heavy atom. The van der Waals surface area contributed by atoms with Crippen molar-refractivity contribution < 1.29 is 14.7 Å². The molecular weight excluding hydrogens is 200 g/mol. The molecule has 1 N–H and O–H groups in total. The summed E-state index contributed by atoms with van der Waals surface area (Å²) in [6, 6.07) is 1.81. The molecule has 0 unspecified atom stereocenters. The van der Waals surface area contributed by atoms with Gasteiger partial charge in [-0.1, -0.05) is 0 Å². The van der Waals surface area contributed by atoms with Gasteiger partial charge in [0.2, 0.25) is 0 Å².